The van der Waals surface area contributed by atoms with Crippen LogP contribution in [0.2, 0.25) is 0 Å². The highest BCUT2D eigenvalue weighted by molar-refractivity contribution is 9.10. The van der Waals surface area contributed by atoms with Gasteiger partial charge in [0.05, 0.1) is 18.8 Å². The van der Waals surface area contributed by atoms with E-state index in [9.17, 15) is 0 Å². The summed E-state index contributed by atoms with van der Waals surface area (Å²) in [5.41, 5.74) is 0.990. The first-order valence-corrected chi connectivity index (χ1v) is 7.52. The Balaban J connectivity index is 1.81. The Labute approximate surface area is 125 Å². The molecule has 0 amide bonds. The minimum absolute atomic E-state index is 0.661. The van der Waals surface area contributed by atoms with Gasteiger partial charge in [-0.3, -0.25) is 9.98 Å². The van der Waals surface area contributed by atoms with Gasteiger partial charge < -0.3 is 10.6 Å². The van der Waals surface area contributed by atoms with Crippen LogP contribution in [-0.2, 0) is 13.1 Å². The Morgan fingerprint density at radius 3 is 2.84 bits per heavy atom. The zero-order chi connectivity index (χ0) is 13.5. The first kappa shape index (κ1) is 14.0. The molecule has 0 aliphatic heterocycles. The largest absolute Gasteiger partial charge is 0.352 e. The minimum Gasteiger partial charge on any atom is -0.352 e. The van der Waals surface area contributed by atoms with E-state index in [0.29, 0.717) is 6.54 Å². The van der Waals surface area contributed by atoms with E-state index < -0.39 is 0 Å². The molecule has 0 saturated heterocycles. The second kappa shape index (κ2) is 7.25. The van der Waals surface area contributed by atoms with Crippen LogP contribution >= 0.6 is 27.3 Å². The molecule has 2 N–H and O–H groups in total. The molecule has 0 spiro atoms. The molecule has 2 aromatic rings. The molecule has 0 radical (unpaired) electrons. The summed E-state index contributed by atoms with van der Waals surface area (Å²) in [6.07, 6.45) is 1.79. The third-order valence-electron chi connectivity index (χ3n) is 2.44. The number of halogens is 1. The van der Waals surface area contributed by atoms with Crippen molar-refractivity contribution in [2.24, 2.45) is 4.99 Å². The highest BCUT2D eigenvalue weighted by Gasteiger charge is 2.01. The van der Waals surface area contributed by atoms with Crippen molar-refractivity contribution < 1.29 is 0 Å². The maximum Gasteiger partial charge on any atom is 0.191 e. The fraction of sp³-hybridized carbons (Fsp3) is 0.231. The molecule has 0 unspecified atom stereocenters. The van der Waals surface area contributed by atoms with Gasteiger partial charge in [-0.25, -0.2) is 0 Å². The maximum absolute atomic E-state index is 4.26. The zero-order valence-corrected chi connectivity index (χ0v) is 13.0. The lowest BCUT2D eigenvalue weighted by atomic mass is 10.3. The summed E-state index contributed by atoms with van der Waals surface area (Å²) in [7, 11) is 1.76. The minimum atomic E-state index is 0.661. The van der Waals surface area contributed by atoms with E-state index in [1.54, 1.807) is 24.6 Å². The van der Waals surface area contributed by atoms with Crippen LogP contribution in [0, 0.1) is 0 Å². The number of guanidine groups is 1. The number of nitrogens with zero attached hydrogens (tertiary/aromatic N) is 2. The summed E-state index contributed by atoms with van der Waals surface area (Å²) >= 11 is 5.16. The molecule has 6 heteroatoms. The summed E-state index contributed by atoms with van der Waals surface area (Å²) in [6, 6.07) is 7.97. The topological polar surface area (TPSA) is 49.3 Å². The van der Waals surface area contributed by atoms with Crippen molar-refractivity contribution in [3.8, 4) is 0 Å². The molecular formula is C13H15BrN4S. The molecule has 100 valence electrons. The average Bonchev–Trinajstić information content (AvgIpc) is 2.86. The lowest BCUT2D eigenvalue weighted by molar-refractivity contribution is 0.799. The first-order valence-electron chi connectivity index (χ1n) is 5.85. The molecule has 0 aromatic carbocycles. The van der Waals surface area contributed by atoms with Gasteiger partial charge in [0.25, 0.3) is 0 Å². The van der Waals surface area contributed by atoms with E-state index in [0.717, 1.165) is 22.7 Å². The van der Waals surface area contributed by atoms with Crippen LogP contribution in [0.1, 0.15) is 10.6 Å². The molecule has 0 atom stereocenters. The van der Waals surface area contributed by atoms with Gasteiger partial charge in [0.15, 0.2) is 5.96 Å². The van der Waals surface area contributed by atoms with Crippen LogP contribution in [0.25, 0.3) is 0 Å². The Morgan fingerprint density at radius 2 is 2.21 bits per heavy atom. The van der Waals surface area contributed by atoms with E-state index in [2.05, 4.69) is 48.0 Å². The van der Waals surface area contributed by atoms with Gasteiger partial charge in [-0.05, 0) is 34.1 Å². The van der Waals surface area contributed by atoms with Gasteiger partial charge in [0, 0.05) is 28.0 Å². The molecule has 2 heterocycles. The van der Waals surface area contributed by atoms with Gasteiger partial charge >= 0.3 is 0 Å². The Morgan fingerprint density at radius 1 is 1.37 bits per heavy atom. The summed E-state index contributed by atoms with van der Waals surface area (Å²) in [5.74, 6) is 0.773. The van der Waals surface area contributed by atoms with E-state index in [4.69, 9.17) is 0 Å². The fourth-order valence-electron chi connectivity index (χ4n) is 1.51. The van der Waals surface area contributed by atoms with Crippen LogP contribution in [0.15, 0.2) is 45.3 Å². The fourth-order valence-corrected chi connectivity index (χ4v) is 2.91. The third-order valence-corrected chi connectivity index (χ3v) is 4.14. The number of pyridine rings is 1. The van der Waals surface area contributed by atoms with Gasteiger partial charge in [0.2, 0.25) is 0 Å². The number of hydrogen-bond donors (Lipinski definition) is 2. The predicted octanol–water partition coefficient (Wildman–Crippen LogP) is 2.77. The molecule has 4 nitrogen and oxygen atoms in total. The number of hydrogen-bond acceptors (Lipinski definition) is 3. The van der Waals surface area contributed by atoms with E-state index >= 15 is 0 Å². The van der Waals surface area contributed by atoms with Crippen molar-refractivity contribution in [2.45, 2.75) is 13.1 Å². The second-order valence-electron chi connectivity index (χ2n) is 3.83. The molecule has 2 rings (SSSR count). The summed E-state index contributed by atoms with van der Waals surface area (Å²) < 4.78 is 1.12. The van der Waals surface area contributed by atoms with Crippen molar-refractivity contribution in [3.63, 3.8) is 0 Å². The van der Waals surface area contributed by atoms with Crippen molar-refractivity contribution >= 4 is 33.2 Å². The lowest BCUT2D eigenvalue weighted by Gasteiger charge is -2.10. The van der Waals surface area contributed by atoms with Crippen LogP contribution in [0.5, 0.6) is 0 Å². The quantitative estimate of drug-likeness (QED) is 0.665. The molecule has 0 saturated carbocycles. The summed E-state index contributed by atoms with van der Waals surface area (Å²) in [5, 5.41) is 8.57. The molecule has 19 heavy (non-hydrogen) atoms. The number of aliphatic imine (C=N–C) groups is 1. The van der Waals surface area contributed by atoms with Crippen LogP contribution in [0.3, 0.4) is 0 Å². The summed E-state index contributed by atoms with van der Waals surface area (Å²) in [6.45, 7) is 1.42. The first-order chi connectivity index (χ1) is 9.28. The van der Waals surface area contributed by atoms with E-state index in [1.165, 1.54) is 4.88 Å². The zero-order valence-electron chi connectivity index (χ0n) is 10.6. The Kier molecular flexibility index (Phi) is 5.35. The van der Waals surface area contributed by atoms with E-state index in [-0.39, 0.29) is 0 Å². The molecular weight excluding hydrogens is 324 g/mol. The van der Waals surface area contributed by atoms with Crippen LogP contribution < -0.4 is 10.6 Å². The highest BCUT2D eigenvalue weighted by Crippen LogP contribution is 2.19. The number of nitrogens with one attached hydrogen (secondary N) is 2. The molecule has 0 bridgehead atoms. The smallest absolute Gasteiger partial charge is 0.191 e. The second-order valence-corrected chi connectivity index (χ2v) is 5.74. The SMILES string of the molecule is CN=C(NCc1ccccn1)NCc1cc(Br)cs1. The number of aromatic nitrogens is 1. The van der Waals surface area contributed by atoms with Crippen molar-refractivity contribution in [1.29, 1.82) is 0 Å². The highest BCUT2D eigenvalue weighted by atomic mass is 79.9. The number of thiophene rings is 1. The summed E-state index contributed by atoms with van der Waals surface area (Å²) in [4.78, 5) is 9.70. The number of rotatable bonds is 4. The van der Waals surface area contributed by atoms with Crippen LogP contribution in [-0.4, -0.2) is 18.0 Å². The normalized spacial score (nSPS) is 11.4. The van der Waals surface area contributed by atoms with E-state index in [1.807, 2.05) is 18.2 Å². The Hall–Kier alpha value is -1.40. The van der Waals surface area contributed by atoms with Crippen LogP contribution in [0.4, 0.5) is 0 Å². The van der Waals surface area contributed by atoms with Gasteiger partial charge in [-0.1, -0.05) is 6.07 Å². The van der Waals surface area contributed by atoms with Crippen molar-refractivity contribution in [1.82, 2.24) is 15.6 Å². The standard InChI is InChI=1S/C13H15BrN4S/c1-15-13(17-7-11-4-2-3-5-16-11)18-8-12-6-10(14)9-19-12/h2-6,9H,7-8H2,1H3,(H2,15,17,18). The average molecular weight is 339 g/mol. The van der Waals surface area contributed by atoms with Gasteiger partial charge in [-0.2, -0.15) is 0 Å². The van der Waals surface area contributed by atoms with Crippen molar-refractivity contribution in [2.75, 3.05) is 7.05 Å². The van der Waals surface area contributed by atoms with Gasteiger partial charge in [0.1, 0.15) is 0 Å². The molecule has 0 aliphatic rings. The third kappa shape index (κ3) is 4.65. The monoisotopic (exact) mass is 338 g/mol. The molecule has 2 aromatic heterocycles. The van der Waals surface area contributed by atoms with Crippen molar-refractivity contribution in [3.05, 3.63) is 50.9 Å². The predicted molar refractivity (Wildman–Crippen MR) is 83.3 cm³/mol. The Bertz CT molecular complexity index is 539. The molecule has 0 fully saturated rings. The maximum atomic E-state index is 4.26. The van der Waals surface area contributed by atoms with Gasteiger partial charge in [-0.15, -0.1) is 11.3 Å². The lowest BCUT2D eigenvalue weighted by Crippen LogP contribution is -2.36. The molecule has 0 aliphatic carbocycles.